The first-order valence-corrected chi connectivity index (χ1v) is 6.42. The molecule has 0 spiro atoms. The molecule has 0 saturated carbocycles. The van der Waals surface area contributed by atoms with Gasteiger partial charge in [-0.15, -0.1) is 0 Å². The Morgan fingerprint density at radius 1 is 1.20 bits per heavy atom. The summed E-state index contributed by atoms with van der Waals surface area (Å²) < 4.78 is 11.0. The Morgan fingerprint density at radius 2 is 2.05 bits per heavy atom. The van der Waals surface area contributed by atoms with Gasteiger partial charge in [0.15, 0.2) is 0 Å². The summed E-state index contributed by atoms with van der Waals surface area (Å²) in [4.78, 5) is 4.12. The van der Waals surface area contributed by atoms with Gasteiger partial charge in [0.05, 0.1) is 19.3 Å². The number of nitrogens with two attached hydrogens (primary N) is 1. The number of aromatic nitrogens is 1. The first-order valence-electron chi connectivity index (χ1n) is 6.42. The SMILES string of the molecule is COc1cncc(C(N)c2cc3cc(C)ccc3o2)c1. The molecule has 1 unspecified atom stereocenters. The van der Waals surface area contributed by atoms with E-state index in [-0.39, 0.29) is 6.04 Å². The molecule has 0 bridgehead atoms. The van der Waals surface area contributed by atoms with E-state index >= 15 is 0 Å². The van der Waals surface area contributed by atoms with Gasteiger partial charge in [-0.25, -0.2) is 0 Å². The maximum atomic E-state index is 6.25. The van der Waals surface area contributed by atoms with Gasteiger partial charge in [-0.3, -0.25) is 4.98 Å². The minimum Gasteiger partial charge on any atom is -0.495 e. The van der Waals surface area contributed by atoms with E-state index < -0.39 is 0 Å². The summed E-state index contributed by atoms with van der Waals surface area (Å²) in [5, 5.41) is 1.06. The van der Waals surface area contributed by atoms with E-state index in [4.69, 9.17) is 14.9 Å². The second-order valence-electron chi connectivity index (χ2n) is 4.83. The summed E-state index contributed by atoms with van der Waals surface area (Å²) in [6.45, 7) is 2.05. The number of nitrogens with zero attached hydrogens (tertiary/aromatic N) is 1. The molecule has 3 rings (SSSR count). The average molecular weight is 268 g/mol. The Balaban J connectivity index is 2.00. The van der Waals surface area contributed by atoms with Crippen molar-refractivity contribution in [1.82, 2.24) is 4.98 Å². The summed E-state index contributed by atoms with van der Waals surface area (Å²) in [6.07, 6.45) is 3.38. The largest absolute Gasteiger partial charge is 0.495 e. The normalized spacial score (nSPS) is 12.6. The highest BCUT2D eigenvalue weighted by atomic mass is 16.5. The van der Waals surface area contributed by atoms with Crippen LogP contribution in [0.15, 0.2) is 47.1 Å². The number of pyridine rings is 1. The number of furan rings is 1. The number of benzene rings is 1. The summed E-state index contributed by atoms with van der Waals surface area (Å²) in [5.41, 5.74) is 9.15. The van der Waals surface area contributed by atoms with Gasteiger partial charge in [-0.1, -0.05) is 11.6 Å². The highest BCUT2D eigenvalue weighted by molar-refractivity contribution is 5.78. The molecule has 2 aromatic heterocycles. The lowest BCUT2D eigenvalue weighted by Crippen LogP contribution is -2.11. The van der Waals surface area contributed by atoms with Gasteiger partial charge in [0.25, 0.3) is 0 Å². The standard InChI is InChI=1S/C16H16N2O2/c1-10-3-4-14-11(5-10)7-15(20-14)16(17)12-6-13(19-2)9-18-8-12/h3-9,16H,17H2,1-2H3. The Hall–Kier alpha value is -2.33. The van der Waals surface area contributed by atoms with Crippen LogP contribution in [0.2, 0.25) is 0 Å². The van der Waals surface area contributed by atoms with Crippen molar-refractivity contribution in [3.8, 4) is 5.75 Å². The second-order valence-corrected chi connectivity index (χ2v) is 4.83. The Labute approximate surface area is 117 Å². The van der Waals surface area contributed by atoms with Crippen LogP contribution in [0, 0.1) is 6.92 Å². The van der Waals surface area contributed by atoms with E-state index in [1.807, 2.05) is 24.3 Å². The van der Waals surface area contributed by atoms with E-state index in [2.05, 4.69) is 18.0 Å². The molecule has 2 heterocycles. The predicted octanol–water partition coefficient (Wildman–Crippen LogP) is 3.19. The van der Waals surface area contributed by atoms with Crippen molar-refractivity contribution < 1.29 is 9.15 Å². The molecule has 3 aromatic rings. The highest BCUT2D eigenvalue weighted by Crippen LogP contribution is 2.28. The van der Waals surface area contributed by atoms with Gasteiger partial charge in [-0.05, 0) is 36.8 Å². The molecular weight excluding hydrogens is 252 g/mol. The first-order chi connectivity index (χ1) is 9.67. The van der Waals surface area contributed by atoms with E-state index in [9.17, 15) is 0 Å². The Morgan fingerprint density at radius 3 is 2.85 bits per heavy atom. The third-order valence-electron chi connectivity index (χ3n) is 3.33. The second kappa shape index (κ2) is 4.98. The summed E-state index contributed by atoms with van der Waals surface area (Å²) in [7, 11) is 1.61. The number of methoxy groups -OCH3 is 1. The zero-order chi connectivity index (χ0) is 14.1. The average Bonchev–Trinajstić information content (AvgIpc) is 2.89. The molecule has 0 saturated heterocycles. The first kappa shape index (κ1) is 12.7. The summed E-state index contributed by atoms with van der Waals surface area (Å²) in [6, 6.07) is 9.56. The topological polar surface area (TPSA) is 61.3 Å². The molecule has 2 N–H and O–H groups in total. The lowest BCUT2D eigenvalue weighted by Gasteiger charge is -2.09. The van der Waals surface area contributed by atoms with Gasteiger partial charge in [-0.2, -0.15) is 0 Å². The molecule has 0 amide bonds. The monoisotopic (exact) mass is 268 g/mol. The Kier molecular flexibility index (Phi) is 3.16. The Bertz CT molecular complexity index is 749. The molecule has 1 atom stereocenters. The van der Waals surface area contributed by atoms with Crippen molar-refractivity contribution in [2.75, 3.05) is 7.11 Å². The number of ether oxygens (including phenoxy) is 1. The third kappa shape index (κ3) is 2.26. The molecule has 1 aromatic carbocycles. The molecule has 0 aliphatic rings. The van der Waals surface area contributed by atoms with Gasteiger partial charge in [0, 0.05) is 11.6 Å². The highest BCUT2D eigenvalue weighted by Gasteiger charge is 2.15. The van der Waals surface area contributed by atoms with Crippen LogP contribution in [0.25, 0.3) is 11.0 Å². The van der Waals surface area contributed by atoms with Crippen LogP contribution in [0.1, 0.15) is 22.9 Å². The molecular formula is C16H16N2O2. The van der Waals surface area contributed by atoms with Gasteiger partial charge >= 0.3 is 0 Å². The minimum absolute atomic E-state index is 0.356. The summed E-state index contributed by atoms with van der Waals surface area (Å²) in [5.74, 6) is 1.41. The molecule has 0 aliphatic carbocycles. The van der Waals surface area contributed by atoms with Crippen molar-refractivity contribution in [2.45, 2.75) is 13.0 Å². The zero-order valence-electron chi connectivity index (χ0n) is 11.5. The number of hydrogen-bond acceptors (Lipinski definition) is 4. The van der Waals surface area contributed by atoms with E-state index in [1.165, 1.54) is 5.56 Å². The molecule has 0 radical (unpaired) electrons. The molecule has 20 heavy (non-hydrogen) atoms. The fourth-order valence-corrected chi connectivity index (χ4v) is 2.22. The van der Waals surface area contributed by atoms with Gasteiger partial charge < -0.3 is 14.9 Å². The molecule has 4 nitrogen and oxygen atoms in total. The van der Waals surface area contributed by atoms with Crippen molar-refractivity contribution in [3.05, 3.63) is 59.6 Å². The lowest BCUT2D eigenvalue weighted by molar-refractivity contribution is 0.411. The molecule has 102 valence electrons. The van der Waals surface area contributed by atoms with Crippen LogP contribution >= 0.6 is 0 Å². The van der Waals surface area contributed by atoms with E-state index in [0.29, 0.717) is 5.75 Å². The van der Waals surface area contributed by atoms with Gasteiger partial charge in [0.1, 0.15) is 17.1 Å². The number of rotatable bonds is 3. The quantitative estimate of drug-likeness (QED) is 0.792. The zero-order valence-corrected chi connectivity index (χ0v) is 11.5. The fourth-order valence-electron chi connectivity index (χ4n) is 2.22. The summed E-state index contributed by atoms with van der Waals surface area (Å²) >= 11 is 0. The molecule has 4 heteroatoms. The van der Waals surface area contributed by atoms with Crippen molar-refractivity contribution >= 4 is 11.0 Å². The van der Waals surface area contributed by atoms with Crippen molar-refractivity contribution in [3.63, 3.8) is 0 Å². The van der Waals surface area contributed by atoms with Crippen LogP contribution in [0.4, 0.5) is 0 Å². The maximum Gasteiger partial charge on any atom is 0.137 e. The van der Waals surface area contributed by atoms with Crippen LogP contribution in [-0.2, 0) is 0 Å². The number of hydrogen-bond donors (Lipinski definition) is 1. The van der Waals surface area contributed by atoms with Crippen LogP contribution in [0.5, 0.6) is 5.75 Å². The maximum absolute atomic E-state index is 6.25. The van der Waals surface area contributed by atoms with Crippen LogP contribution in [-0.4, -0.2) is 12.1 Å². The molecule has 0 aliphatic heterocycles. The number of fused-ring (bicyclic) bond motifs is 1. The van der Waals surface area contributed by atoms with E-state index in [1.54, 1.807) is 19.5 Å². The smallest absolute Gasteiger partial charge is 0.137 e. The lowest BCUT2D eigenvalue weighted by atomic mass is 10.1. The third-order valence-corrected chi connectivity index (χ3v) is 3.33. The molecule has 0 fully saturated rings. The fraction of sp³-hybridized carbons (Fsp3) is 0.188. The predicted molar refractivity (Wildman–Crippen MR) is 77.8 cm³/mol. The van der Waals surface area contributed by atoms with Crippen LogP contribution in [0.3, 0.4) is 0 Å². The van der Waals surface area contributed by atoms with Gasteiger partial charge in [0.2, 0.25) is 0 Å². The van der Waals surface area contributed by atoms with Crippen molar-refractivity contribution in [1.29, 1.82) is 0 Å². The number of aryl methyl sites for hydroxylation is 1. The minimum atomic E-state index is -0.356. The van der Waals surface area contributed by atoms with Crippen LogP contribution < -0.4 is 10.5 Å². The van der Waals surface area contributed by atoms with Crippen molar-refractivity contribution in [2.24, 2.45) is 5.73 Å². The van der Waals surface area contributed by atoms with E-state index in [0.717, 1.165) is 22.3 Å².